The summed E-state index contributed by atoms with van der Waals surface area (Å²) in [6.07, 6.45) is -3.42. The highest BCUT2D eigenvalue weighted by atomic mass is 32.2. The first kappa shape index (κ1) is 18.1. The molecule has 1 heterocycles. The number of fused-ring (bicyclic) bond motifs is 5. The van der Waals surface area contributed by atoms with E-state index in [1.807, 2.05) is 0 Å². The van der Waals surface area contributed by atoms with Crippen LogP contribution in [0.2, 0.25) is 0 Å². The van der Waals surface area contributed by atoms with Gasteiger partial charge in [0.15, 0.2) is 0 Å². The molecule has 1 aliphatic heterocycles. The predicted molar refractivity (Wildman–Crippen MR) is 90.9 cm³/mol. The Hall–Kier alpha value is -2.26. The lowest BCUT2D eigenvalue weighted by Gasteiger charge is -2.33. The number of sulfonamides is 1. The smallest absolute Gasteiger partial charge is 0.313 e. The van der Waals surface area contributed by atoms with Gasteiger partial charge in [-0.2, -0.15) is 18.4 Å². The van der Waals surface area contributed by atoms with Gasteiger partial charge in [-0.15, -0.1) is 0 Å². The standard InChI is InChI=1S/C18H16F3N3O2S/c1-17-14-5-11(6-16(14)23-2)15(17)9-24(27(17,25)26)12-4-3-10(8-22)13(7-12)18(19,20)21/h3-4,7,11,14-16H,5-6,9H2,1H3/t11-,14+,15+,16+,17-/m1/s1. The first-order valence-electron chi connectivity index (χ1n) is 8.56. The van der Waals surface area contributed by atoms with Crippen molar-refractivity contribution in [2.24, 2.45) is 17.8 Å². The van der Waals surface area contributed by atoms with Crippen LogP contribution >= 0.6 is 0 Å². The lowest BCUT2D eigenvalue weighted by atomic mass is 9.77. The molecule has 0 spiro atoms. The molecular formula is C18H16F3N3O2S. The number of halogens is 3. The summed E-state index contributed by atoms with van der Waals surface area (Å²) in [5.74, 6) is -0.393. The van der Waals surface area contributed by atoms with Crippen LogP contribution in [0.3, 0.4) is 0 Å². The minimum absolute atomic E-state index is 0.0734. The lowest BCUT2D eigenvalue weighted by molar-refractivity contribution is -0.137. The molecule has 2 saturated carbocycles. The van der Waals surface area contributed by atoms with Gasteiger partial charge in [-0.25, -0.2) is 15.0 Å². The van der Waals surface area contributed by atoms with Crippen LogP contribution in [0.15, 0.2) is 18.2 Å². The minimum atomic E-state index is -4.75. The highest BCUT2D eigenvalue weighted by Gasteiger charge is 2.72. The van der Waals surface area contributed by atoms with E-state index in [9.17, 15) is 21.6 Å². The molecule has 5 nitrogen and oxygen atoms in total. The SMILES string of the molecule is [C-]#[N+][C@H]1C[C@H]2C[C@@H]1[C@]1(C)[C@H]2CN(c2ccc(C#N)c(C(F)(F)F)c2)S1(=O)=O. The third kappa shape index (κ3) is 2.18. The van der Waals surface area contributed by atoms with Crippen molar-refractivity contribution in [2.45, 2.75) is 36.7 Å². The van der Waals surface area contributed by atoms with Crippen molar-refractivity contribution in [1.82, 2.24) is 0 Å². The van der Waals surface area contributed by atoms with Crippen molar-refractivity contribution in [3.63, 3.8) is 0 Å². The molecular weight excluding hydrogens is 379 g/mol. The van der Waals surface area contributed by atoms with Gasteiger partial charge < -0.3 is 4.85 Å². The highest BCUT2D eigenvalue weighted by Crippen LogP contribution is 2.63. The number of anilines is 1. The lowest BCUT2D eigenvalue weighted by Crippen LogP contribution is -2.48. The maximum atomic E-state index is 13.3. The Morgan fingerprint density at radius 3 is 2.63 bits per heavy atom. The van der Waals surface area contributed by atoms with E-state index in [-0.39, 0.29) is 36.0 Å². The van der Waals surface area contributed by atoms with Crippen LogP contribution in [0, 0.1) is 35.7 Å². The van der Waals surface area contributed by atoms with Crippen LogP contribution in [0.1, 0.15) is 30.9 Å². The fraction of sp³-hybridized carbons (Fsp3) is 0.556. The number of alkyl halides is 3. The number of hydrogen-bond acceptors (Lipinski definition) is 3. The fourth-order valence-corrected chi connectivity index (χ4v) is 7.88. The maximum absolute atomic E-state index is 13.3. The molecule has 142 valence electrons. The van der Waals surface area contributed by atoms with E-state index in [2.05, 4.69) is 4.85 Å². The van der Waals surface area contributed by atoms with Crippen LogP contribution in [0.4, 0.5) is 18.9 Å². The molecule has 0 radical (unpaired) electrons. The molecule has 4 rings (SSSR count). The van der Waals surface area contributed by atoms with Crippen molar-refractivity contribution >= 4 is 15.7 Å². The zero-order valence-electron chi connectivity index (χ0n) is 14.4. The quantitative estimate of drug-likeness (QED) is 0.685. The van der Waals surface area contributed by atoms with Gasteiger partial charge in [0.1, 0.15) is 4.75 Å². The average molecular weight is 395 g/mol. The number of nitriles is 1. The van der Waals surface area contributed by atoms with E-state index < -0.39 is 32.1 Å². The molecule has 5 atom stereocenters. The normalized spacial score (nSPS) is 36.3. The summed E-state index contributed by atoms with van der Waals surface area (Å²) in [6.45, 7) is 9.10. The summed E-state index contributed by atoms with van der Waals surface area (Å²) >= 11 is 0. The summed E-state index contributed by atoms with van der Waals surface area (Å²) in [7, 11) is -3.93. The Labute approximate surface area is 155 Å². The Kier molecular flexibility index (Phi) is 3.61. The Morgan fingerprint density at radius 2 is 2.04 bits per heavy atom. The van der Waals surface area contributed by atoms with Gasteiger partial charge in [0.2, 0.25) is 16.1 Å². The number of hydrogen-bond donors (Lipinski definition) is 0. The Balaban J connectivity index is 1.80. The van der Waals surface area contributed by atoms with E-state index in [1.54, 1.807) is 6.92 Å². The molecule has 0 aromatic heterocycles. The van der Waals surface area contributed by atoms with Gasteiger partial charge in [-0.1, -0.05) is 0 Å². The molecule has 9 heteroatoms. The molecule has 2 bridgehead atoms. The second-order valence-electron chi connectivity index (χ2n) is 7.70. The maximum Gasteiger partial charge on any atom is 0.417 e. The van der Waals surface area contributed by atoms with Crippen molar-refractivity contribution < 1.29 is 21.6 Å². The molecule has 1 aromatic rings. The van der Waals surface area contributed by atoms with Crippen LogP contribution in [-0.2, 0) is 16.2 Å². The Morgan fingerprint density at radius 1 is 1.33 bits per heavy atom. The summed E-state index contributed by atoms with van der Waals surface area (Å²) in [4.78, 5) is 3.59. The molecule has 3 fully saturated rings. The second-order valence-corrected chi connectivity index (χ2v) is 9.97. The average Bonchev–Trinajstić information content (AvgIpc) is 3.21. The summed E-state index contributed by atoms with van der Waals surface area (Å²) in [5.41, 5.74) is -1.75. The van der Waals surface area contributed by atoms with Gasteiger partial charge in [-0.3, -0.25) is 4.31 Å². The van der Waals surface area contributed by atoms with Gasteiger partial charge in [0, 0.05) is 18.9 Å². The van der Waals surface area contributed by atoms with Crippen molar-refractivity contribution in [3.05, 3.63) is 40.7 Å². The minimum Gasteiger partial charge on any atom is -0.313 e. The Bertz CT molecular complexity index is 1010. The highest BCUT2D eigenvalue weighted by molar-refractivity contribution is 7.94. The van der Waals surface area contributed by atoms with Gasteiger partial charge in [0.25, 0.3) is 0 Å². The van der Waals surface area contributed by atoms with Crippen molar-refractivity contribution in [2.75, 3.05) is 10.8 Å². The van der Waals surface area contributed by atoms with E-state index in [0.29, 0.717) is 12.8 Å². The third-order valence-electron chi connectivity index (χ3n) is 6.70. The summed E-state index contributed by atoms with van der Waals surface area (Å²) in [6, 6.07) is 4.17. The first-order valence-corrected chi connectivity index (χ1v) is 10.00. The summed E-state index contributed by atoms with van der Waals surface area (Å²) in [5, 5.41) is 8.94. The van der Waals surface area contributed by atoms with E-state index in [4.69, 9.17) is 11.8 Å². The van der Waals surface area contributed by atoms with Crippen LogP contribution in [0.25, 0.3) is 4.85 Å². The third-order valence-corrected chi connectivity index (χ3v) is 9.36. The van der Waals surface area contributed by atoms with Crippen LogP contribution in [0.5, 0.6) is 0 Å². The zero-order valence-corrected chi connectivity index (χ0v) is 15.2. The molecule has 2 aliphatic carbocycles. The number of benzene rings is 1. The molecule has 0 unspecified atom stereocenters. The number of rotatable bonds is 1. The first-order chi connectivity index (χ1) is 12.6. The van der Waals surface area contributed by atoms with Crippen molar-refractivity contribution in [1.29, 1.82) is 5.26 Å². The predicted octanol–water partition coefficient (Wildman–Crippen LogP) is 3.43. The van der Waals surface area contributed by atoms with E-state index >= 15 is 0 Å². The van der Waals surface area contributed by atoms with Gasteiger partial charge >= 0.3 is 6.18 Å². The molecule has 3 aliphatic rings. The monoisotopic (exact) mass is 395 g/mol. The molecule has 1 saturated heterocycles. The largest absolute Gasteiger partial charge is 0.417 e. The molecule has 0 amide bonds. The van der Waals surface area contributed by atoms with Crippen LogP contribution in [-0.4, -0.2) is 25.8 Å². The number of nitrogens with zero attached hydrogens (tertiary/aromatic N) is 3. The fourth-order valence-electron chi connectivity index (χ4n) is 5.37. The van der Waals surface area contributed by atoms with Gasteiger partial charge in [0.05, 0.1) is 28.8 Å². The molecule has 27 heavy (non-hydrogen) atoms. The van der Waals surface area contributed by atoms with E-state index in [1.165, 1.54) is 12.1 Å². The molecule has 1 aromatic carbocycles. The van der Waals surface area contributed by atoms with E-state index in [0.717, 1.165) is 16.4 Å². The topological polar surface area (TPSA) is 65.5 Å². The second kappa shape index (κ2) is 5.39. The zero-order chi connectivity index (χ0) is 19.8. The van der Waals surface area contributed by atoms with Crippen LogP contribution < -0.4 is 4.31 Å². The molecule has 0 N–H and O–H groups in total. The van der Waals surface area contributed by atoms with Crippen molar-refractivity contribution in [3.8, 4) is 6.07 Å². The van der Waals surface area contributed by atoms with Gasteiger partial charge in [-0.05, 0) is 37.5 Å². The summed E-state index contributed by atoms with van der Waals surface area (Å²) < 4.78 is 66.4.